The lowest BCUT2D eigenvalue weighted by molar-refractivity contribution is -0.126. The summed E-state index contributed by atoms with van der Waals surface area (Å²) in [4.78, 5) is 46.2. The van der Waals surface area contributed by atoms with Crippen LogP contribution in [0, 0.1) is 0 Å². The van der Waals surface area contributed by atoms with Crippen molar-refractivity contribution >= 4 is 78.3 Å². The van der Waals surface area contributed by atoms with Crippen LogP contribution < -0.4 is 5.32 Å². The predicted octanol–water partition coefficient (Wildman–Crippen LogP) is 4.99. The van der Waals surface area contributed by atoms with Gasteiger partial charge in [0.05, 0.1) is 14.8 Å². The highest BCUT2D eigenvalue weighted by atomic mass is 79.9. The third-order valence-electron chi connectivity index (χ3n) is 7.12. The van der Waals surface area contributed by atoms with Crippen molar-refractivity contribution in [2.45, 2.75) is 37.8 Å². The van der Waals surface area contributed by atoms with E-state index in [4.69, 9.17) is 4.74 Å². The van der Waals surface area contributed by atoms with Crippen molar-refractivity contribution in [3.63, 3.8) is 0 Å². The zero-order chi connectivity index (χ0) is 33.2. The molecule has 1 unspecified atom stereocenters. The third kappa shape index (κ3) is 9.66. The Morgan fingerprint density at radius 3 is 2.57 bits per heavy atom. The molecule has 2 aliphatic heterocycles. The number of nitrogens with one attached hydrogen (secondary N) is 1. The molecule has 2 aromatic carbocycles. The van der Waals surface area contributed by atoms with Gasteiger partial charge in [-0.2, -0.15) is 4.99 Å². The maximum atomic E-state index is 13.2. The minimum atomic E-state index is -1.51. The Morgan fingerprint density at radius 2 is 1.87 bits per heavy atom. The van der Waals surface area contributed by atoms with Crippen molar-refractivity contribution in [1.29, 1.82) is 0 Å². The summed E-state index contributed by atoms with van der Waals surface area (Å²) in [7, 11) is -1.51. The number of aromatic hydroxyl groups is 1. The van der Waals surface area contributed by atoms with Crippen LogP contribution in [0.25, 0.3) is 0 Å². The second-order valence-corrected chi connectivity index (χ2v) is 13.0. The maximum absolute atomic E-state index is 13.2. The number of carbonyl (C=O) groups is 3. The van der Waals surface area contributed by atoms with Gasteiger partial charge in [0.25, 0.3) is 5.91 Å². The molecule has 240 valence electrons. The average Bonchev–Trinajstić information content (AvgIpc) is 3.19. The Labute approximate surface area is 284 Å². The highest BCUT2D eigenvalue weighted by molar-refractivity contribution is 9.11. The van der Waals surface area contributed by atoms with Gasteiger partial charge in [0.15, 0.2) is 11.9 Å². The number of aliphatic hydroxyl groups is 1. The molecular formula is C31H29Br2N5O7S. The van der Waals surface area contributed by atoms with Crippen LogP contribution in [0.15, 0.2) is 78.0 Å². The molecule has 2 atom stereocenters. The SMILES string of the molecule is CS(=O)N=C=C=C(O)C=C=C=NC(=O)[C@@H](Cc1cc(Br)c(O)c(Br)c1)OC(=O)N1CCC(N2CCc3ccccc3NC2=O)CC1. The van der Waals surface area contributed by atoms with Gasteiger partial charge in [0, 0.05) is 56.0 Å². The molecule has 2 aromatic rings. The number of hydrogen-bond donors (Lipinski definition) is 3. The molecule has 1 saturated heterocycles. The first-order valence-electron chi connectivity index (χ1n) is 14.0. The maximum Gasteiger partial charge on any atom is 0.410 e. The van der Waals surface area contributed by atoms with E-state index in [9.17, 15) is 28.8 Å². The Morgan fingerprint density at radius 1 is 1.17 bits per heavy atom. The zero-order valence-electron chi connectivity index (χ0n) is 24.5. The van der Waals surface area contributed by atoms with E-state index < -0.39 is 34.8 Å². The number of nitrogens with zero attached hydrogens (tertiary/aromatic N) is 4. The standard InChI is InChI=1S/C31H29Br2N5O7S/c1-46(44)35-13-8-23(39)6-4-12-34-29(41)27(19-20-17-24(32)28(40)25(33)18-20)45-31(43)37-14-10-22(11-15-37)38-16-9-21-5-2-3-7-26(21)36-30(38)42/h2-3,5-7,17-18,22,27,39-40H,9-11,14-16,19H2,1H3,(H,36,42)/t27-,46?/m1/s1. The number of likely N-dealkylation sites (tertiary alicyclic amines) is 1. The smallest absolute Gasteiger partial charge is 0.410 e. The molecule has 0 spiro atoms. The lowest BCUT2D eigenvalue weighted by Crippen LogP contribution is -2.50. The highest BCUT2D eigenvalue weighted by Crippen LogP contribution is 2.34. The van der Waals surface area contributed by atoms with E-state index in [1.165, 1.54) is 11.2 Å². The first-order valence-corrected chi connectivity index (χ1v) is 17.1. The summed E-state index contributed by atoms with van der Waals surface area (Å²) >= 11 is 6.52. The van der Waals surface area contributed by atoms with Gasteiger partial charge in [-0.05, 0) is 91.9 Å². The fraction of sp³-hybridized carbons (Fsp3) is 0.323. The summed E-state index contributed by atoms with van der Waals surface area (Å²) in [5, 5.41) is 22.8. The van der Waals surface area contributed by atoms with Crippen molar-refractivity contribution in [2.24, 2.45) is 9.39 Å². The van der Waals surface area contributed by atoms with Crippen LogP contribution in [0.4, 0.5) is 15.3 Å². The molecule has 46 heavy (non-hydrogen) atoms. The predicted molar refractivity (Wildman–Crippen MR) is 180 cm³/mol. The Kier molecular flexibility index (Phi) is 12.4. The minimum absolute atomic E-state index is 0.0308. The number of halogens is 2. The average molecular weight is 775 g/mol. The van der Waals surface area contributed by atoms with Crippen molar-refractivity contribution in [1.82, 2.24) is 9.80 Å². The van der Waals surface area contributed by atoms with E-state index in [-0.39, 0.29) is 24.2 Å². The zero-order valence-corrected chi connectivity index (χ0v) is 28.5. The number of anilines is 1. The van der Waals surface area contributed by atoms with Crippen molar-refractivity contribution < 1.29 is 33.5 Å². The number of phenolic OH excluding ortho intramolecular Hbond substituents is 1. The molecule has 0 radical (unpaired) electrons. The number of ether oxygens (including phenoxy) is 1. The number of aliphatic imine (C=N–C) groups is 1. The van der Waals surface area contributed by atoms with Crippen LogP contribution in [0.2, 0.25) is 0 Å². The number of para-hydroxylation sites is 1. The van der Waals surface area contributed by atoms with Crippen molar-refractivity contribution in [3.05, 3.63) is 79.8 Å². The number of phenols is 1. The molecule has 0 bridgehead atoms. The molecular weight excluding hydrogens is 746 g/mol. The van der Waals surface area contributed by atoms with Gasteiger partial charge in [-0.3, -0.25) is 4.79 Å². The minimum Gasteiger partial charge on any atom is -0.506 e. The number of urea groups is 1. The summed E-state index contributed by atoms with van der Waals surface area (Å²) in [6.07, 6.45) is 1.95. The van der Waals surface area contributed by atoms with Gasteiger partial charge in [-0.25, -0.2) is 13.8 Å². The fourth-order valence-electron chi connectivity index (χ4n) is 4.86. The number of allylic oxidation sites excluding steroid dienone is 1. The molecule has 1 fully saturated rings. The van der Waals surface area contributed by atoms with E-state index in [0.717, 1.165) is 23.7 Å². The van der Waals surface area contributed by atoms with E-state index in [2.05, 4.69) is 69.8 Å². The third-order valence-corrected chi connectivity index (χ3v) is 8.68. The van der Waals surface area contributed by atoms with Crippen LogP contribution in [0.1, 0.15) is 24.0 Å². The number of fused-ring (bicyclic) bond motifs is 1. The van der Waals surface area contributed by atoms with Gasteiger partial charge in [0.1, 0.15) is 16.7 Å². The summed E-state index contributed by atoms with van der Waals surface area (Å²) in [5.74, 6) is 3.06. The van der Waals surface area contributed by atoms with E-state index in [0.29, 0.717) is 47.0 Å². The number of aliphatic hydroxyl groups excluding tert-OH is 1. The molecule has 4 rings (SSSR count). The Balaban J connectivity index is 1.45. The molecule has 15 heteroatoms. The van der Waals surface area contributed by atoms with Crippen LogP contribution in [-0.2, 0) is 33.4 Å². The van der Waals surface area contributed by atoms with Crippen LogP contribution in [0.3, 0.4) is 0 Å². The van der Waals surface area contributed by atoms with Gasteiger partial charge < -0.3 is 30.1 Å². The van der Waals surface area contributed by atoms with Crippen LogP contribution >= 0.6 is 31.9 Å². The lowest BCUT2D eigenvalue weighted by Gasteiger charge is -2.37. The topological polar surface area (TPSA) is 161 Å². The largest absolute Gasteiger partial charge is 0.506 e. The number of benzene rings is 2. The van der Waals surface area contributed by atoms with Gasteiger partial charge in [-0.15, -0.1) is 4.40 Å². The molecule has 0 saturated carbocycles. The van der Waals surface area contributed by atoms with Crippen molar-refractivity contribution in [2.75, 3.05) is 31.2 Å². The fourth-order valence-corrected chi connectivity index (χ4v) is 6.32. The van der Waals surface area contributed by atoms with Gasteiger partial charge >= 0.3 is 12.1 Å². The molecule has 2 heterocycles. The normalized spacial score (nSPS) is 15.7. The molecule has 0 aromatic heterocycles. The number of piperidine rings is 1. The first kappa shape index (κ1) is 34.7. The second-order valence-electron chi connectivity index (χ2n) is 10.2. The van der Waals surface area contributed by atoms with Gasteiger partial charge in [-0.1, -0.05) is 18.2 Å². The number of rotatable bonds is 7. The van der Waals surface area contributed by atoms with Gasteiger partial charge in [0.2, 0.25) is 0 Å². The number of carbonyl (C=O) groups excluding carboxylic acids is 3. The van der Waals surface area contributed by atoms with E-state index in [1.807, 2.05) is 29.2 Å². The molecule has 2 aliphatic rings. The number of amides is 4. The summed E-state index contributed by atoms with van der Waals surface area (Å²) < 4.78 is 20.7. The molecule has 4 amide bonds. The Hall–Kier alpha value is -4.18. The van der Waals surface area contributed by atoms with Crippen molar-refractivity contribution in [3.8, 4) is 5.75 Å². The lowest BCUT2D eigenvalue weighted by atomic mass is 10.0. The van der Waals surface area contributed by atoms with E-state index >= 15 is 0 Å². The summed E-state index contributed by atoms with van der Waals surface area (Å²) in [6.45, 7) is 1.19. The first-order chi connectivity index (χ1) is 22.0. The second kappa shape index (κ2) is 16.4. The number of hydrogen-bond acceptors (Lipinski definition) is 7. The molecule has 0 aliphatic carbocycles. The van der Waals surface area contributed by atoms with Crippen LogP contribution in [0.5, 0.6) is 5.75 Å². The van der Waals surface area contributed by atoms with E-state index in [1.54, 1.807) is 12.1 Å². The Bertz CT molecular complexity index is 1730. The quantitative estimate of drug-likeness (QED) is 0.155. The van der Waals surface area contributed by atoms with Crippen LogP contribution in [-0.4, -0.2) is 92.0 Å². The monoisotopic (exact) mass is 773 g/mol. The molecule has 12 nitrogen and oxygen atoms in total. The molecule has 3 N–H and O–H groups in total. The summed E-state index contributed by atoms with van der Waals surface area (Å²) in [5.41, 5.74) is 7.01. The highest BCUT2D eigenvalue weighted by Gasteiger charge is 2.33. The summed E-state index contributed by atoms with van der Waals surface area (Å²) in [6, 6.07) is 10.6.